The highest BCUT2D eigenvalue weighted by Gasteiger charge is 2.56. The van der Waals surface area contributed by atoms with Crippen LogP contribution in [0.5, 0.6) is 0 Å². The molecule has 1 saturated heterocycles. The monoisotopic (exact) mass is 379 g/mol. The number of carbonyl (C=O) groups is 4. The zero-order valence-electron chi connectivity index (χ0n) is 16.5. The zero-order chi connectivity index (χ0) is 20.0. The summed E-state index contributed by atoms with van der Waals surface area (Å²) in [7, 11) is 0. The second kappa shape index (κ2) is 6.80. The summed E-state index contributed by atoms with van der Waals surface area (Å²) in [6, 6.07) is -0.405. The number of carbonyl (C=O) groups excluding carboxylic acids is 4. The molecule has 1 aliphatic heterocycles. The van der Waals surface area contributed by atoms with Crippen molar-refractivity contribution in [3.8, 4) is 0 Å². The number of hydrogen-bond donors (Lipinski definition) is 2. The van der Waals surface area contributed by atoms with E-state index in [0.717, 1.165) is 24.2 Å². The minimum absolute atomic E-state index is 0.0768. The highest BCUT2D eigenvalue weighted by molar-refractivity contribution is 6.08. The fourth-order valence-electron chi connectivity index (χ4n) is 4.61. The third-order valence-electron chi connectivity index (χ3n) is 5.51. The standard InChI is InChI=1S/C19H29N3O5/c1-11-7-18(3,4)10-19(8-11)16(25)22(17(26)21-19)9-14(23)27-12(2)15(24)20-13-5-6-13/h11-13H,5-10H2,1-4H3,(H,20,24)(H,21,26)/t11-,12+,19-/m1/s1. The van der Waals surface area contributed by atoms with Crippen molar-refractivity contribution in [1.29, 1.82) is 0 Å². The molecule has 0 radical (unpaired) electrons. The van der Waals surface area contributed by atoms with E-state index >= 15 is 0 Å². The van der Waals surface area contributed by atoms with E-state index < -0.39 is 30.2 Å². The zero-order valence-corrected chi connectivity index (χ0v) is 16.5. The molecule has 27 heavy (non-hydrogen) atoms. The summed E-state index contributed by atoms with van der Waals surface area (Å²) < 4.78 is 5.11. The lowest BCUT2D eigenvalue weighted by Gasteiger charge is -2.43. The second-order valence-electron chi connectivity index (χ2n) is 9.17. The molecule has 2 N–H and O–H groups in total. The van der Waals surface area contributed by atoms with E-state index in [0.29, 0.717) is 12.8 Å². The van der Waals surface area contributed by atoms with Crippen LogP contribution in [0.25, 0.3) is 0 Å². The Hall–Kier alpha value is -2.12. The van der Waals surface area contributed by atoms with Crippen LogP contribution in [-0.4, -0.2) is 52.9 Å². The molecule has 3 rings (SSSR count). The van der Waals surface area contributed by atoms with Gasteiger partial charge in [-0.15, -0.1) is 0 Å². The molecule has 150 valence electrons. The highest BCUT2D eigenvalue weighted by atomic mass is 16.5. The summed E-state index contributed by atoms with van der Waals surface area (Å²) in [6.45, 7) is 7.23. The number of imide groups is 1. The summed E-state index contributed by atoms with van der Waals surface area (Å²) in [5.74, 6) is -1.21. The summed E-state index contributed by atoms with van der Waals surface area (Å²) in [6.07, 6.45) is 3.00. The van der Waals surface area contributed by atoms with Gasteiger partial charge >= 0.3 is 12.0 Å². The third kappa shape index (κ3) is 4.25. The van der Waals surface area contributed by atoms with Crippen molar-refractivity contribution >= 4 is 23.8 Å². The van der Waals surface area contributed by atoms with E-state index in [2.05, 4.69) is 31.4 Å². The van der Waals surface area contributed by atoms with Gasteiger partial charge in [0.05, 0.1) is 0 Å². The van der Waals surface area contributed by atoms with Crippen LogP contribution < -0.4 is 10.6 Å². The Morgan fingerprint density at radius 3 is 2.56 bits per heavy atom. The van der Waals surface area contributed by atoms with Crippen LogP contribution >= 0.6 is 0 Å². The maximum absolute atomic E-state index is 13.0. The van der Waals surface area contributed by atoms with Crippen LogP contribution in [0, 0.1) is 11.3 Å². The normalized spacial score (nSPS) is 30.8. The smallest absolute Gasteiger partial charge is 0.327 e. The molecule has 1 spiro atoms. The van der Waals surface area contributed by atoms with Crippen molar-refractivity contribution in [3.63, 3.8) is 0 Å². The van der Waals surface area contributed by atoms with E-state index in [9.17, 15) is 19.2 Å². The van der Waals surface area contributed by atoms with Gasteiger partial charge in [0.2, 0.25) is 0 Å². The maximum Gasteiger partial charge on any atom is 0.327 e. The molecule has 0 bridgehead atoms. The van der Waals surface area contributed by atoms with Crippen molar-refractivity contribution in [2.45, 2.75) is 77.5 Å². The average Bonchev–Trinajstić information content (AvgIpc) is 3.29. The fraction of sp³-hybridized carbons (Fsp3) is 0.789. The molecule has 8 heteroatoms. The molecular formula is C19H29N3O5. The molecule has 2 saturated carbocycles. The number of nitrogens with one attached hydrogen (secondary N) is 2. The molecule has 4 amide bonds. The first-order valence-corrected chi connectivity index (χ1v) is 9.65. The van der Waals surface area contributed by atoms with Gasteiger partial charge in [-0.05, 0) is 50.4 Å². The van der Waals surface area contributed by atoms with Gasteiger partial charge in [0.1, 0.15) is 12.1 Å². The predicted octanol–water partition coefficient (Wildman–Crippen LogP) is 1.33. The summed E-state index contributed by atoms with van der Waals surface area (Å²) in [5.41, 5.74) is -1.03. The lowest BCUT2D eigenvalue weighted by atomic mass is 9.64. The SMILES string of the molecule is C[C@@H]1CC(C)(C)C[C@@]2(C1)NC(=O)N(CC(=O)O[C@@H](C)C(=O)NC1CC1)C2=O. The maximum atomic E-state index is 13.0. The molecule has 8 nitrogen and oxygen atoms in total. The van der Waals surface area contributed by atoms with Crippen molar-refractivity contribution in [3.05, 3.63) is 0 Å². The van der Waals surface area contributed by atoms with Crippen LogP contribution in [0.4, 0.5) is 4.79 Å². The average molecular weight is 379 g/mol. The number of urea groups is 1. The first-order chi connectivity index (χ1) is 12.5. The van der Waals surface area contributed by atoms with Gasteiger partial charge in [-0.1, -0.05) is 20.8 Å². The van der Waals surface area contributed by atoms with E-state index in [1.165, 1.54) is 6.92 Å². The van der Waals surface area contributed by atoms with Crippen molar-refractivity contribution in [1.82, 2.24) is 15.5 Å². The van der Waals surface area contributed by atoms with Crippen molar-refractivity contribution < 1.29 is 23.9 Å². The Morgan fingerprint density at radius 2 is 1.96 bits per heavy atom. The van der Waals surface area contributed by atoms with Crippen LogP contribution in [0.1, 0.15) is 59.8 Å². The molecule has 0 aromatic heterocycles. The molecule has 1 heterocycles. The summed E-state index contributed by atoms with van der Waals surface area (Å²) in [5, 5.41) is 5.58. The molecule has 3 aliphatic rings. The molecule has 3 atom stereocenters. The van der Waals surface area contributed by atoms with Gasteiger partial charge in [0.15, 0.2) is 6.10 Å². The lowest BCUT2D eigenvalue weighted by molar-refractivity contribution is -0.157. The van der Waals surface area contributed by atoms with Gasteiger partial charge in [-0.3, -0.25) is 19.3 Å². The molecule has 2 aliphatic carbocycles. The van der Waals surface area contributed by atoms with Crippen LogP contribution in [0.2, 0.25) is 0 Å². The summed E-state index contributed by atoms with van der Waals surface area (Å²) in [4.78, 5) is 50.4. The van der Waals surface area contributed by atoms with Crippen molar-refractivity contribution in [2.24, 2.45) is 11.3 Å². The van der Waals surface area contributed by atoms with Gasteiger partial charge in [-0.25, -0.2) is 4.79 Å². The Labute approximate surface area is 159 Å². The number of amides is 4. The lowest BCUT2D eigenvalue weighted by Crippen LogP contribution is -2.54. The van der Waals surface area contributed by atoms with E-state index in [1.807, 2.05) is 0 Å². The Balaban J connectivity index is 1.61. The van der Waals surface area contributed by atoms with Crippen LogP contribution in [0.15, 0.2) is 0 Å². The number of esters is 1. The number of ether oxygens (including phenoxy) is 1. The van der Waals surface area contributed by atoms with Gasteiger partial charge < -0.3 is 15.4 Å². The topological polar surface area (TPSA) is 105 Å². The van der Waals surface area contributed by atoms with E-state index in [4.69, 9.17) is 4.74 Å². The molecular weight excluding hydrogens is 350 g/mol. The van der Waals surface area contributed by atoms with Gasteiger partial charge in [-0.2, -0.15) is 0 Å². The first-order valence-electron chi connectivity index (χ1n) is 9.65. The Bertz CT molecular complexity index is 672. The first kappa shape index (κ1) is 19.6. The second-order valence-corrected chi connectivity index (χ2v) is 9.17. The predicted molar refractivity (Wildman–Crippen MR) is 96.5 cm³/mol. The Morgan fingerprint density at radius 1 is 1.30 bits per heavy atom. The van der Waals surface area contributed by atoms with E-state index in [1.54, 1.807) is 0 Å². The molecule has 0 unspecified atom stereocenters. The third-order valence-corrected chi connectivity index (χ3v) is 5.51. The van der Waals surface area contributed by atoms with Gasteiger partial charge in [0, 0.05) is 6.04 Å². The molecule has 0 aromatic carbocycles. The van der Waals surface area contributed by atoms with Crippen LogP contribution in [0.3, 0.4) is 0 Å². The summed E-state index contributed by atoms with van der Waals surface area (Å²) >= 11 is 0. The fourth-order valence-corrected chi connectivity index (χ4v) is 4.61. The van der Waals surface area contributed by atoms with Crippen LogP contribution in [-0.2, 0) is 19.1 Å². The van der Waals surface area contributed by atoms with E-state index in [-0.39, 0.29) is 29.2 Å². The quantitative estimate of drug-likeness (QED) is 0.554. The minimum atomic E-state index is -0.957. The minimum Gasteiger partial charge on any atom is -0.451 e. The largest absolute Gasteiger partial charge is 0.451 e. The molecule has 0 aromatic rings. The van der Waals surface area contributed by atoms with Gasteiger partial charge in [0.25, 0.3) is 11.8 Å². The number of nitrogens with zero attached hydrogens (tertiary/aromatic N) is 1. The highest BCUT2D eigenvalue weighted by Crippen LogP contribution is 2.46. The Kier molecular flexibility index (Phi) is 4.94. The number of hydrogen-bond acceptors (Lipinski definition) is 5. The molecule has 3 fully saturated rings. The number of rotatable bonds is 5. The van der Waals surface area contributed by atoms with Crippen molar-refractivity contribution in [2.75, 3.05) is 6.54 Å².